The Morgan fingerprint density at radius 2 is 1.74 bits per heavy atom. The van der Waals surface area contributed by atoms with Crippen LogP contribution in [0.5, 0.6) is 0 Å². The summed E-state index contributed by atoms with van der Waals surface area (Å²) in [6.07, 6.45) is 0.861. The van der Waals surface area contributed by atoms with Crippen molar-refractivity contribution >= 4 is 66.1 Å². The fraction of sp³-hybridized carbons (Fsp3) is 0.130. The Morgan fingerprint density at radius 3 is 2.43 bits per heavy atom. The Balaban J connectivity index is 1.64. The van der Waals surface area contributed by atoms with Crippen LogP contribution in [-0.2, 0) is 10.0 Å². The lowest BCUT2D eigenvalue weighted by Gasteiger charge is -2.17. The van der Waals surface area contributed by atoms with Crippen LogP contribution in [0.15, 0.2) is 60.7 Å². The molecule has 180 valence electrons. The highest BCUT2D eigenvalue weighted by molar-refractivity contribution is 7.93. The quantitative estimate of drug-likeness (QED) is 0.408. The number of para-hydroxylation sites is 1. The fourth-order valence-corrected chi connectivity index (χ4v) is 5.50. The summed E-state index contributed by atoms with van der Waals surface area (Å²) >= 11 is 7.26. The van der Waals surface area contributed by atoms with Gasteiger partial charge in [0, 0.05) is 19.7 Å². The number of rotatable bonds is 5. The number of fused-ring (bicyclic) bond motifs is 1. The highest BCUT2D eigenvalue weighted by atomic mass is 35.5. The molecule has 0 unspecified atom stereocenters. The molecule has 0 spiro atoms. The van der Waals surface area contributed by atoms with Crippen LogP contribution in [0.2, 0.25) is 5.02 Å². The average Bonchev–Trinajstić information content (AvgIpc) is 3.21. The van der Waals surface area contributed by atoms with E-state index in [2.05, 4.69) is 15.3 Å². The number of carbonyl (C=O) groups excluding carboxylic acids is 2. The van der Waals surface area contributed by atoms with Crippen LogP contribution in [0, 0.1) is 0 Å². The third-order valence-electron chi connectivity index (χ3n) is 4.89. The summed E-state index contributed by atoms with van der Waals surface area (Å²) in [4.78, 5) is 36.6. The third-order valence-corrected chi connectivity index (χ3v) is 7.36. The average molecular weight is 530 g/mol. The number of nitrogens with one attached hydrogen (secondary N) is 1. The van der Waals surface area contributed by atoms with Crippen molar-refractivity contribution in [2.75, 3.05) is 29.6 Å². The number of sulfonamides is 1. The molecule has 0 atom stereocenters. The molecule has 1 N–H and O–H groups in total. The zero-order valence-corrected chi connectivity index (χ0v) is 21.3. The predicted octanol–water partition coefficient (Wildman–Crippen LogP) is 4.39. The molecule has 0 saturated heterocycles. The van der Waals surface area contributed by atoms with Crippen molar-refractivity contribution in [3.8, 4) is 11.3 Å². The molecule has 2 aromatic heterocycles. The van der Waals surface area contributed by atoms with Crippen molar-refractivity contribution in [1.82, 2.24) is 15.3 Å². The van der Waals surface area contributed by atoms with Crippen LogP contribution in [-0.4, -0.2) is 50.7 Å². The lowest BCUT2D eigenvalue weighted by Crippen LogP contribution is -2.45. The summed E-state index contributed by atoms with van der Waals surface area (Å²) in [5, 5.41) is 2.13. The molecule has 0 aliphatic rings. The van der Waals surface area contributed by atoms with E-state index in [0.29, 0.717) is 25.8 Å². The Labute approximate surface area is 211 Å². The number of imide groups is 1. The van der Waals surface area contributed by atoms with E-state index in [1.165, 1.54) is 12.1 Å². The first kappa shape index (κ1) is 24.6. The SMILES string of the molecule is CN(C)c1cccc(-c2ccc(Cl)c(C(=O)NC(=O)N(c3nc4ccccc4s3)S(C)(=O)=O)c2)n1. The van der Waals surface area contributed by atoms with Crippen LogP contribution < -0.4 is 14.5 Å². The van der Waals surface area contributed by atoms with Gasteiger partial charge in [0.05, 0.1) is 32.8 Å². The Kier molecular flexibility index (Phi) is 6.75. The van der Waals surface area contributed by atoms with Gasteiger partial charge in [0.1, 0.15) is 5.82 Å². The first-order chi connectivity index (χ1) is 16.5. The van der Waals surface area contributed by atoms with E-state index in [1.54, 1.807) is 36.4 Å². The third kappa shape index (κ3) is 5.26. The van der Waals surface area contributed by atoms with Crippen LogP contribution in [0.25, 0.3) is 21.5 Å². The van der Waals surface area contributed by atoms with Gasteiger partial charge in [-0.1, -0.05) is 47.2 Å². The molecule has 3 amide bonds. The molecule has 4 rings (SSSR count). The second kappa shape index (κ2) is 9.61. The molecule has 2 heterocycles. The number of aromatic nitrogens is 2. The number of pyridine rings is 1. The number of benzene rings is 2. The monoisotopic (exact) mass is 529 g/mol. The maximum atomic E-state index is 13.0. The van der Waals surface area contributed by atoms with E-state index in [4.69, 9.17) is 11.6 Å². The van der Waals surface area contributed by atoms with Crippen LogP contribution in [0.4, 0.5) is 15.7 Å². The summed E-state index contributed by atoms with van der Waals surface area (Å²) in [5.41, 5.74) is 1.72. The lowest BCUT2D eigenvalue weighted by atomic mass is 10.1. The number of hydrogen-bond acceptors (Lipinski definition) is 8. The molecule has 35 heavy (non-hydrogen) atoms. The number of urea groups is 1. The fourth-order valence-electron chi connectivity index (χ4n) is 3.23. The second-order valence-corrected chi connectivity index (χ2v) is 11.0. The van der Waals surface area contributed by atoms with Crippen molar-refractivity contribution in [2.45, 2.75) is 0 Å². The largest absolute Gasteiger partial charge is 0.363 e. The molecule has 12 heteroatoms. The Bertz CT molecular complexity index is 1520. The highest BCUT2D eigenvalue weighted by Crippen LogP contribution is 2.30. The zero-order chi connectivity index (χ0) is 25.3. The van der Waals surface area contributed by atoms with E-state index in [9.17, 15) is 18.0 Å². The van der Waals surface area contributed by atoms with Gasteiger partial charge in [0.2, 0.25) is 15.2 Å². The predicted molar refractivity (Wildman–Crippen MR) is 139 cm³/mol. The van der Waals surface area contributed by atoms with Gasteiger partial charge in [-0.15, -0.1) is 0 Å². The molecule has 0 fully saturated rings. The van der Waals surface area contributed by atoms with Gasteiger partial charge in [-0.2, -0.15) is 4.31 Å². The summed E-state index contributed by atoms with van der Waals surface area (Å²) in [6.45, 7) is 0. The second-order valence-electron chi connectivity index (χ2n) is 7.72. The number of amides is 3. The van der Waals surface area contributed by atoms with Gasteiger partial charge < -0.3 is 4.90 Å². The summed E-state index contributed by atoms with van der Waals surface area (Å²) in [5.74, 6) is -0.140. The number of anilines is 2. The summed E-state index contributed by atoms with van der Waals surface area (Å²) in [6, 6.07) is 16.0. The first-order valence-electron chi connectivity index (χ1n) is 10.2. The minimum atomic E-state index is -4.10. The molecule has 4 aromatic rings. The number of carbonyl (C=O) groups is 2. The van der Waals surface area contributed by atoms with E-state index in [0.717, 1.165) is 23.4 Å². The number of hydrogen-bond donors (Lipinski definition) is 1. The van der Waals surface area contributed by atoms with Gasteiger partial charge in [-0.3, -0.25) is 10.1 Å². The number of nitrogens with zero attached hydrogens (tertiary/aromatic N) is 4. The maximum absolute atomic E-state index is 13.0. The zero-order valence-electron chi connectivity index (χ0n) is 18.9. The van der Waals surface area contributed by atoms with Gasteiger partial charge in [-0.25, -0.2) is 23.2 Å². The molecular formula is C23H20ClN5O4S2. The Morgan fingerprint density at radius 1 is 1.00 bits per heavy atom. The van der Waals surface area contributed by atoms with E-state index >= 15 is 0 Å². The molecule has 9 nitrogen and oxygen atoms in total. The molecular weight excluding hydrogens is 510 g/mol. The smallest absolute Gasteiger partial charge is 0.344 e. The van der Waals surface area contributed by atoms with Gasteiger partial charge in [0.15, 0.2) is 0 Å². The van der Waals surface area contributed by atoms with E-state index < -0.39 is 22.0 Å². The molecule has 2 aromatic carbocycles. The minimum Gasteiger partial charge on any atom is -0.363 e. The maximum Gasteiger partial charge on any atom is 0.344 e. The highest BCUT2D eigenvalue weighted by Gasteiger charge is 2.30. The van der Waals surface area contributed by atoms with Crippen LogP contribution >= 0.6 is 22.9 Å². The van der Waals surface area contributed by atoms with Crippen molar-refractivity contribution in [1.29, 1.82) is 0 Å². The van der Waals surface area contributed by atoms with Crippen LogP contribution in [0.3, 0.4) is 0 Å². The normalized spacial score (nSPS) is 11.3. The lowest BCUT2D eigenvalue weighted by molar-refractivity contribution is 0.0966. The van der Waals surface area contributed by atoms with Gasteiger partial charge >= 0.3 is 6.03 Å². The molecule has 0 saturated carbocycles. The first-order valence-corrected chi connectivity index (χ1v) is 13.2. The van der Waals surface area contributed by atoms with E-state index in [1.807, 2.05) is 31.1 Å². The topological polar surface area (TPSA) is 113 Å². The van der Waals surface area contributed by atoms with E-state index in [-0.39, 0.29) is 15.7 Å². The summed E-state index contributed by atoms with van der Waals surface area (Å²) < 4.78 is 26.0. The van der Waals surface area contributed by atoms with Crippen molar-refractivity contribution in [3.63, 3.8) is 0 Å². The standard InChI is InChI=1S/C23H20ClN5O4S2/c1-28(2)20-10-6-8-17(25-20)14-11-12-16(24)15(13-14)21(30)27-22(31)29(35(3,32)33)23-26-18-7-4-5-9-19(18)34-23/h4-13H,1-3H3,(H,27,30,31). The van der Waals surface area contributed by atoms with Crippen LogP contribution in [0.1, 0.15) is 10.4 Å². The molecule has 0 aliphatic heterocycles. The van der Waals surface area contributed by atoms with Gasteiger partial charge in [-0.05, 0) is 36.4 Å². The van der Waals surface area contributed by atoms with Crippen molar-refractivity contribution in [2.24, 2.45) is 0 Å². The Hall–Kier alpha value is -3.54. The molecule has 0 aliphatic carbocycles. The number of halogens is 1. The molecule has 0 radical (unpaired) electrons. The van der Waals surface area contributed by atoms with Crippen molar-refractivity contribution in [3.05, 3.63) is 71.2 Å². The minimum absolute atomic E-state index is 0.00711. The molecule has 0 bridgehead atoms. The van der Waals surface area contributed by atoms with Crippen molar-refractivity contribution < 1.29 is 18.0 Å². The van der Waals surface area contributed by atoms with Gasteiger partial charge in [0.25, 0.3) is 5.91 Å². The summed E-state index contributed by atoms with van der Waals surface area (Å²) in [7, 11) is -0.380. The number of thiazole rings is 1.